The Balaban J connectivity index is 2.10. The lowest BCUT2D eigenvalue weighted by atomic mass is 10.4. The van der Waals surface area contributed by atoms with Gasteiger partial charge in [-0.15, -0.1) is 11.3 Å². The van der Waals surface area contributed by atoms with Crippen LogP contribution in [-0.4, -0.2) is 35.1 Å². The number of hydrogen-bond donors (Lipinski definition) is 2. The van der Waals surface area contributed by atoms with Gasteiger partial charge >= 0.3 is 5.97 Å². The predicted octanol–water partition coefficient (Wildman–Crippen LogP) is 2.05. The molecule has 0 aromatic carbocycles. The largest absolute Gasteiger partial charge is 0.476 e. The van der Waals surface area contributed by atoms with Gasteiger partial charge in [-0.25, -0.2) is 14.8 Å². The second-order valence-corrected chi connectivity index (χ2v) is 4.63. The molecule has 0 radical (unpaired) electrons. The summed E-state index contributed by atoms with van der Waals surface area (Å²) in [6, 6.07) is 3.73. The first-order chi connectivity index (χ1) is 8.56. The highest BCUT2D eigenvalue weighted by molar-refractivity contribution is 7.14. The Bertz CT molecular complexity index is 550. The molecule has 94 valence electrons. The summed E-state index contributed by atoms with van der Waals surface area (Å²) in [7, 11) is 3.82. The maximum Gasteiger partial charge on any atom is 0.355 e. The highest BCUT2D eigenvalue weighted by Gasteiger charge is 2.08. The first-order valence-electron chi connectivity index (χ1n) is 5.15. The molecule has 0 fully saturated rings. The zero-order valence-corrected chi connectivity index (χ0v) is 10.7. The number of carboxylic acids is 1. The van der Waals surface area contributed by atoms with Gasteiger partial charge in [-0.1, -0.05) is 0 Å². The standard InChI is InChI=1S/C11H12N4O2S/c1-15(2)9-4-3-7(5-12-9)13-11-14-8(6-18-11)10(16)17/h3-6H,1-2H3,(H,13,14)(H,16,17). The number of hydrogen-bond acceptors (Lipinski definition) is 6. The maximum absolute atomic E-state index is 10.7. The van der Waals surface area contributed by atoms with Gasteiger partial charge in [0.15, 0.2) is 10.8 Å². The smallest absolute Gasteiger partial charge is 0.355 e. The predicted molar refractivity (Wildman–Crippen MR) is 70.9 cm³/mol. The molecule has 7 heteroatoms. The number of carboxylic acid groups (broad SMARTS) is 1. The van der Waals surface area contributed by atoms with Gasteiger partial charge in [0.2, 0.25) is 0 Å². The highest BCUT2D eigenvalue weighted by Crippen LogP contribution is 2.21. The number of nitrogens with zero attached hydrogens (tertiary/aromatic N) is 3. The van der Waals surface area contributed by atoms with Gasteiger partial charge in [0.1, 0.15) is 5.82 Å². The molecule has 2 aromatic heterocycles. The van der Waals surface area contributed by atoms with E-state index >= 15 is 0 Å². The number of pyridine rings is 1. The van der Waals surface area contributed by atoms with Gasteiger partial charge in [0.25, 0.3) is 0 Å². The van der Waals surface area contributed by atoms with Crippen LogP contribution < -0.4 is 10.2 Å². The van der Waals surface area contributed by atoms with Crippen molar-refractivity contribution in [2.45, 2.75) is 0 Å². The van der Waals surface area contributed by atoms with Gasteiger partial charge in [-0.3, -0.25) is 0 Å². The summed E-state index contributed by atoms with van der Waals surface area (Å²) in [6.45, 7) is 0. The first kappa shape index (κ1) is 12.3. The lowest BCUT2D eigenvalue weighted by Gasteiger charge is -2.11. The van der Waals surface area contributed by atoms with Crippen LogP contribution >= 0.6 is 11.3 Å². The normalized spacial score (nSPS) is 10.1. The number of rotatable bonds is 4. The Labute approximate surface area is 108 Å². The van der Waals surface area contributed by atoms with Gasteiger partial charge in [0.05, 0.1) is 11.9 Å². The molecule has 0 aliphatic rings. The SMILES string of the molecule is CN(C)c1ccc(Nc2nc(C(=O)O)cs2)cn1. The zero-order chi connectivity index (χ0) is 13.1. The van der Waals surface area contributed by atoms with Crippen molar-refractivity contribution in [2.24, 2.45) is 0 Å². The van der Waals surface area contributed by atoms with E-state index in [0.29, 0.717) is 5.13 Å². The molecule has 0 aliphatic carbocycles. The van der Waals surface area contributed by atoms with E-state index in [9.17, 15) is 4.79 Å². The second-order valence-electron chi connectivity index (χ2n) is 3.77. The van der Waals surface area contributed by atoms with Gasteiger partial charge in [-0.2, -0.15) is 0 Å². The van der Waals surface area contributed by atoms with Crippen LogP contribution in [0.3, 0.4) is 0 Å². The van der Waals surface area contributed by atoms with Crippen LogP contribution in [-0.2, 0) is 0 Å². The molecule has 18 heavy (non-hydrogen) atoms. The van der Waals surface area contributed by atoms with Crippen LogP contribution in [0.1, 0.15) is 10.5 Å². The summed E-state index contributed by atoms with van der Waals surface area (Å²) >= 11 is 1.24. The average Bonchev–Trinajstić information content (AvgIpc) is 2.78. The van der Waals surface area contributed by atoms with Crippen molar-refractivity contribution < 1.29 is 9.90 Å². The van der Waals surface area contributed by atoms with Crippen LogP contribution in [0.4, 0.5) is 16.6 Å². The van der Waals surface area contributed by atoms with Crippen molar-refractivity contribution in [3.8, 4) is 0 Å². The zero-order valence-electron chi connectivity index (χ0n) is 9.91. The van der Waals surface area contributed by atoms with Crippen molar-refractivity contribution in [1.29, 1.82) is 0 Å². The summed E-state index contributed by atoms with van der Waals surface area (Å²) in [5.74, 6) is -0.175. The minimum atomic E-state index is -1.03. The first-order valence-corrected chi connectivity index (χ1v) is 6.03. The van der Waals surface area contributed by atoms with Crippen molar-refractivity contribution in [3.63, 3.8) is 0 Å². The minimum absolute atomic E-state index is 0.0420. The molecule has 0 saturated carbocycles. The molecule has 2 aromatic rings. The van der Waals surface area contributed by atoms with Crippen LogP contribution in [0.5, 0.6) is 0 Å². The van der Waals surface area contributed by atoms with Gasteiger partial charge < -0.3 is 15.3 Å². The molecule has 0 saturated heterocycles. The minimum Gasteiger partial charge on any atom is -0.476 e. The Morgan fingerprint density at radius 1 is 1.44 bits per heavy atom. The molecule has 2 heterocycles. The summed E-state index contributed by atoms with van der Waals surface area (Å²) in [5, 5.41) is 13.8. The van der Waals surface area contributed by atoms with E-state index in [2.05, 4.69) is 15.3 Å². The molecule has 0 atom stereocenters. The van der Waals surface area contributed by atoms with Crippen molar-refractivity contribution in [2.75, 3.05) is 24.3 Å². The quantitative estimate of drug-likeness (QED) is 0.880. The summed E-state index contributed by atoms with van der Waals surface area (Å²) in [6.07, 6.45) is 1.68. The van der Waals surface area contributed by atoms with E-state index in [1.165, 1.54) is 16.7 Å². The third-order valence-electron chi connectivity index (χ3n) is 2.18. The number of aromatic nitrogens is 2. The topological polar surface area (TPSA) is 78.4 Å². The average molecular weight is 264 g/mol. The number of anilines is 3. The molecule has 0 amide bonds. The summed E-state index contributed by atoms with van der Waals surface area (Å²) in [5.41, 5.74) is 0.812. The monoisotopic (exact) mass is 264 g/mol. The molecule has 2 N–H and O–H groups in total. The van der Waals surface area contributed by atoms with Crippen molar-refractivity contribution in [3.05, 3.63) is 29.4 Å². The lowest BCUT2D eigenvalue weighted by Crippen LogP contribution is -2.10. The second kappa shape index (κ2) is 5.01. The van der Waals surface area contributed by atoms with Crippen LogP contribution in [0.2, 0.25) is 0 Å². The van der Waals surface area contributed by atoms with E-state index in [0.717, 1.165) is 11.5 Å². The summed E-state index contributed by atoms with van der Waals surface area (Å²) < 4.78 is 0. The third-order valence-corrected chi connectivity index (χ3v) is 2.94. The Morgan fingerprint density at radius 2 is 2.22 bits per heavy atom. The Hall–Kier alpha value is -2.15. The number of aromatic carboxylic acids is 1. The molecule has 0 bridgehead atoms. The summed E-state index contributed by atoms with van der Waals surface area (Å²) in [4.78, 5) is 20.8. The molecule has 0 aliphatic heterocycles. The third kappa shape index (κ3) is 2.75. The van der Waals surface area contributed by atoms with Crippen molar-refractivity contribution in [1.82, 2.24) is 9.97 Å². The van der Waals surface area contributed by atoms with E-state index in [1.807, 2.05) is 31.1 Å². The maximum atomic E-state index is 10.7. The molecule has 0 unspecified atom stereocenters. The van der Waals surface area contributed by atoms with Crippen molar-refractivity contribution >= 4 is 33.9 Å². The fraction of sp³-hybridized carbons (Fsp3) is 0.182. The van der Waals surface area contributed by atoms with E-state index < -0.39 is 5.97 Å². The van der Waals surface area contributed by atoms with Gasteiger partial charge in [-0.05, 0) is 12.1 Å². The van der Waals surface area contributed by atoms with Crippen LogP contribution in [0, 0.1) is 0 Å². The van der Waals surface area contributed by atoms with E-state index in [4.69, 9.17) is 5.11 Å². The molecular weight excluding hydrogens is 252 g/mol. The molecule has 6 nitrogen and oxygen atoms in total. The van der Waals surface area contributed by atoms with Gasteiger partial charge in [0, 0.05) is 19.5 Å². The number of nitrogens with one attached hydrogen (secondary N) is 1. The number of thiazole rings is 1. The fourth-order valence-electron chi connectivity index (χ4n) is 1.28. The highest BCUT2D eigenvalue weighted by atomic mass is 32.1. The Morgan fingerprint density at radius 3 is 2.72 bits per heavy atom. The lowest BCUT2D eigenvalue weighted by molar-refractivity contribution is 0.0691. The molecule has 2 rings (SSSR count). The van der Waals surface area contributed by atoms with E-state index in [1.54, 1.807) is 6.20 Å². The molecular formula is C11H12N4O2S. The van der Waals surface area contributed by atoms with Crippen LogP contribution in [0.15, 0.2) is 23.7 Å². The number of carbonyl (C=O) groups is 1. The van der Waals surface area contributed by atoms with Crippen LogP contribution in [0.25, 0.3) is 0 Å². The fourth-order valence-corrected chi connectivity index (χ4v) is 1.98. The van der Waals surface area contributed by atoms with E-state index in [-0.39, 0.29) is 5.69 Å². The molecule has 0 spiro atoms. The Kier molecular flexibility index (Phi) is 3.42.